The monoisotopic (exact) mass is 530 g/mol. The maximum atomic E-state index is 12.7. The molecule has 0 bridgehead atoms. The molecule has 0 aliphatic heterocycles. The van der Waals surface area contributed by atoms with Crippen molar-refractivity contribution in [3.8, 4) is 17.2 Å². The van der Waals surface area contributed by atoms with Crippen molar-refractivity contribution in [2.24, 2.45) is 5.10 Å². The number of hydrazone groups is 1. The van der Waals surface area contributed by atoms with E-state index in [1.807, 2.05) is 79.7 Å². The fraction of sp³-hybridized carbons (Fsp3) is 0.118. The van der Waals surface area contributed by atoms with Crippen LogP contribution in [0, 0.1) is 0 Å². The van der Waals surface area contributed by atoms with Gasteiger partial charge in [-0.2, -0.15) is 5.10 Å². The van der Waals surface area contributed by atoms with Crippen molar-refractivity contribution in [1.29, 1.82) is 0 Å². The Morgan fingerprint density at radius 2 is 1.52 bits per heavy atom. The van der Waals surface area contributed by atoms with Gasteiger partial charge in [0.1, 0.15) is 19.0 Å². The van der Waals surface area contributed by atoms with Gasteiger partial charge in [-0.15, -0.1) is 0 Å². The average Bonchev–Trinajstić information content (AvgIpc) is 3.00. The number of carbonyl (C=O) groups excluding carboxylic acids is 1. The summed E-state index contributed by atoms with van der Waals surface area (Å²) in [5.74, 6) is 1.50. The van der Waals surface area contributed by atoms with Crippen LogP contribution in [0.5, 0.6) is 17.2 Å². The summed E-state index contributed by atoms with van der Waals surface area (Å²) in [5, 5.41) is 6.49. The Bertz CT molecular complexity index is 1590. The molecule has 0 atom stereocenters. The van der Waals surface area contributed by atoms with E-state index in [4.69, 9.17) is 14.2 Å². The molecule has 0 saturated heterocycles. The molecule has 0 aliphatic carbocycles. The molecule has 0 saturated carbocycles. The SMILES string of the molecule is CCOc1cc(C(=O)N/N=C/c2ccc(OCc3cccc4ccccc34)cc2)ccc1OCc1ccccc1. The molecule has 6 nitrogen and oxygen atoms in total. The predicted molar refractivity (Wildman–Crippen MR) is 158 cm³/mol. The summed E-state index contributed by atoms with van der Waals surface area (Å²) < 4.78 is 17.6. The van der Waals surface area contributed by atoms with Gasteiger partial charge in [0.25, 0.3) is 5.91 Å². The number of hydrogen-bond donors (Lipinski definition) is 1. The summed E-state index contributed by atoms with van der Waals surface area (Å²) in [6, 6.07) is 37.0. The van der Waals surface area contributed by atoms with E-state index >= 15 is 0 Å². The molecule has 5 rings (SSSR count). The van der Waals surface area contributed by atoms with E-state index in [0.29, 0.717) is 36.9 Å². The molecule has 40 heavy (non-hydrogen) atoms. The zero-order valence-electron chi connectivity index (χ0n) is 22.2. The number of ether oxygens (including phenoxy) is 3. The van der Waals surface area contributed by atoms with Gasteiger partial charge in [-0.3, -0.25) is 4.79 Å². The molecule has 1 amide bonds. The first-order chi connectivity index (χ1) is 19.7. The van der Waals surface area contributed by atoms with Crippen LogP contribution in [-0.2, 0) is 13.2 Å². The Morgan fingerprint density at radius 1 is 0.750 bits per heavy atom. The van der Waals surface area contributed by atoms with E-state index in [1.165, 1.54) is 10.8 Å². The molecule has 5 aromatic rings. The van der Waals surface area contributed by atoms with Crippen molar-refractivity contribution in [3.63, 3.8) is 0 Å². The largest absolute Gasteiger partial charge is 0.490 e. The number of fused-ring (bicyclic) bond motifs is 1. The molecular formula is C34H30N2O4. The van der Waals surface area contributed by atoms with Gasteiger partial charge in [-0.25, -0.2) is 5.43 Å². The lowest BCUT2D eigenvalue weighted by Gasteiger charge is -2.13. The molecule has 0 unspecified atom stereocenters. The van der Waals surface area contributed by atoms with Gasteiger partial charge < -0.3 is 14.2 Å². The number of rotatable bonds is 11. The topological polar surface area (TPSA) is 69.2 Å². The zero-order valence-corrected chi connectivity index (χ0v) is 22.2. The Balaban J connectivity index is 1.16. The van der Waals surface area contributed by atoms with Crippen molar-refractivity contribution in [3.05, 3.63) is 138 Å². The normalized spacial score (nSPS) is 10.9. The molecular weight excluding hydrogens is 500 g/mol. The quantitative estimate of drug-likeness (QED) is 0.145. The van der Waals surface area contributed by atoms with Crippen LogP contribution in [0.4, 0.5) is 0 Å². The van der Waals surface area contributed by atoms with Crippen LogP contribution < -0.4 is 19.6 Å². The van der Waals surface area contributed by atoms with Gasteiger partial charge in [-0.05, 0) is 76.9 Å². The van der Waals surface area contributed by atoms with Gasteiger partial charge in [-0.1, -0.05) is 72.8 Å². The van der Waals surface area contributed by atoms with Gasteiger partial charge >= 0.3 is 0 Å². The number of nitrogens with one attached hydrogen (secondary N) is 1. The minimum absolute atomic E-state index is 0.346. The Hall–Kier alpha value is -5.10. The van der Waals surface area contributed by atoms with Crippen molar-refractivity contribution >= 4 is 22.9 Å². The fourth-order valence-corrected chi connectivity index (χ4v) is 4.23. The highest BCUT2D eigenvalue weighted by molar-refractivity contribution is 5.95. The van der Waals surface area contributed by atoms with E-state index in [0.717, 1.165) is 22.4 Å². The van der Waals surface area contributed by atoms with Crippen LogP contribution in [0.2, 0.25) is 0 Å². The third-order valence-electron chi connectivity index (χ3n) is 6.28. The first-order valence-electron chi connectivity index (χ1n) is 13.2. The van der Waals surface area contributed by atoms with Crippen LogP contribution in [0.15, 0.2) is 120 Å². The Labute approximate surface area is 233 Å². The lowest BCUT2D eigenvalue weighted by molar-refractivity contribution is 0.0954. The Kier molecular flexibility index (Phi) is 8.69. The van der Waals surface area contributed by atoms with Gasteiger partial charge in [0.2, 0.25) is 0 Å². The van der Waals surface area contributed by atoms with Gasteiger partial charge in [0, 0.05) is 5.56 Å². The molecule has 0 fully saturated rings. The maximum absolute atomic E-state index is 12.7. The molecule has 0 radical (unpaired) electrons. The molecule has 200 valence electrons. The summed E-state index contributed by atoms with van der Waals surface area (Å²) in [7, 11) is 0. The summed E-state index contributed by atoms with van der Waals surface area (Å²) >= 11 is 0. The standard InChI is InChI=1S/C34H30N2O4/c1-2-38-33-21-28(17-20-32(33)40-23-26-9-4-3-5-10-26)34(37)36-35-22-25-15-18-30(19-16-25)39-24-29-13-8-12-27-11-6-7-14-31(27)29/h3-22H,2,23-24H2,1H3,(H,36,37)/b35-22+. The van der Waals surface area contributed by atoms with E-state index in [-0.39, 0.29) is 5.91 Å². The predicted octanol–water partition coefficient (Wildman–Crippen LogP) is 7.16. The highest BCUT2D eigenvalue weighted by Gasteiger charge is 2.12. The van der Waals surface area contributed by atoms with Gasteiger partial charge in [0.15, 0.2) is 11.5 Å². The summed E-state index contributed by atoms with van der Waals surface area (Å²) in [6.45, 7) is 3.22. The number of hydrogen-bond acceptors (Lipinski definition) is 5. The number of benzene rings is 5. The molecule has 5 aromatic carbocycles. The number of amides is 1. The zero-order chi connectivity index (χ0) is 27.6. The fourth-order valence-electron chi connectivity index (χ4n) is 4.23. The molecule has 0 aromatic heterocycles. The van der Waals surface area contributed by atoms with Crippen LogP contribution in [0.3, 0.4) is 0 Å². The van der Waals surface area contributed by atoms with Crippen molar-refractivity contribution in [2.75, 3.05) is 6.61 Å². The maximum Gasteiger partial charge on any atom is 0.271 e. The molecule has 0 heterocycles. The first-order valence-corrected chi connectivity index (χ1v) is 13.2. The second-order valence-corrected chi connectivity index (χ2v) is 9.06. The summed E-state index contributed by atoms with van der Waals surface area (Å²) in [6.07, 6.45) is 1.59. The molecule has 1 N–H and O–H groups in total. The lowest BCUT2D eigenvalue weighted by atomic mass is 10.1. The average molecular weight is 531 g/mol. The highest BCUT2D eigenvalue weighted by Crippen LogP contribution is 2.29. The van der Waals surface area contributed by atoms with Crippen molar-refractivity contribution < 1.29 is 19.0 Å². The minimum atomic E-state index is -0.346. The first kappa shape index (κ1) is 26.5. The summed E-state index contributed by atoms with van der Waals surface area (Å²) in [4.78, 5) is 12.7. The minimum Gasteiger partial charge on any atom is -0.490 e. The molecule has 6 heteroatoms. The van der Waals surface area contributed by atoms with Crippen LogP contribution >= 0.6 is 0 Å². The second-order valence-electron chi connectivity index (χ2n) is 9.06. The second kappa shape index (κ2) is 13.1. The van der Waals surface area contributed by atoms with E-state index in [2.05, 4.69) is 34.8 Å². The smallest absolute Gasteiger partial charge is 0.271 e. The van der Waals surface area contributed by atoms with Crippen LogP contribution in [0.1, 0.15) is 34.0 Å². The van der Waals surface area contributed by atoms with E-state index < -0.39 is 0 Å². The van der Waals surface area contributed by atoms with Gasteiger partial charge in [0.05, 0.1) is 12.8 Å². The Morgan fingerprint density at radius 3 is 2.35 bits per heavy atom. The number of nitrogens with zero attached hydrogens (tertiary/aromatic N) is 1. The number of carbonyl (C=O) groups is 1. The molecule has 0 aliphatic rings. The molecule has 0 spiro atoms. The van der Waals surface area contributed by atoms with E-state index in [9.17, 15) is 4.79 Å². The third-order valence-corrected chi connectivity index (χ3v) is 6.28. The van der Waals surface area contributed by atoms with Crippen LogP contribution in [0.25, 0.3) is 10.8 Å². The van der Waals surface area contributed by atoms with Crippen molar-refractivity contribution in [2.45, 2.75) is 20.1 Å². The highest BCUT2D eigenvalue weighted by atomic mass is 16.5. The summed E-state index contributed by atoms with van der Waals surface area (Å²) in [5.41, 5.74) is 6.01. The third kappa shape index (κ3) is 6.85. The lowest BCUT2D eigenvalue weighted by Crippen LogP contribution is -2.17. The van der Waals surface area contributed by atoms with Crippen molar-refractivity contribution in [1.82, 2.24) is 5.43 Å². The van der Waals surface area contributed by atoms with E-state index in [1.54, 1.807) is 24.4 Å². The van der Waals surface area contributed by atoms with Crippen LogP contribution in [-0.4, -0.2) is 18.7 Å².